The van der Waals surface area contributed by atoms with Crippen molar-refractivity contribution in [3.05, 3.63) is 66.7 Å². The molecule has 0 aromatic heterocycles. The van der Waals surface area contributed by atoms with Gasteiger partial charge in [0.2, 0.25) is 0 Å². The van der Waals surface area contributed by atoms with Gasteiger partial charge in [-0.2, -0.15) is 0 Å². The molecule has 0 aliphatic carbocycles. The number of ether oxygens (including phenoxy) is 3. The normalized spacial score (nSPS) is 11.6. The van der Waals surface area contributed by atoms with Crippen LogP contribution in [0.25, 0.3) is 0 Å². The summed E-state index contributed by atoms with van der Waals surface area (Å²) in [7, 11) is 0. The minimum atomic E-state index is -0.385. The second-order valence-electron chi connectivity index (χ2n) is 8.94. The minimum Gasteiger partial charge on any atom is -0.494 e. The molecule has 0 fully saturated rings. The van der Waals surface area contributed by atoms with Gasteiger partial charge in [-0.3, -0.25) is 0 Å². The first-order chi connectivity index (χ1) is 16.6. The van der Waals surface area contributed by atoms with Gasteiger partial charge >= 0.3 is 5.97 Å². The Kier molecular flexibility index (Phi) is 13.6. The Hall–Kier alpha value is -2.75. The van der Waals surface area contributed by atoms with Crippen molar-refractivity contribution in [2.45, 2.75) is 78.1 Å². The number of carbonyl (C=O) groups excluding carboxylic acids is 1. The van der Waals surface area contributed by atoms with Gasteiger partial charge in [0.05, 0.1) is 18.8 Å². The fourth-order valence-corrected chi connectivity index (χ4v) is 3.56. The zero-order valence-corrected chi connectivity index (χ0v) is 21.1. The minimum absolute atomic E-state index is 0.385. The molecule has 2 rings (SSSR count). The summed E-state index contributed by atoms with van der Waals surface area (Å²) in [6.07, 6.45) is 13.7. The molecule has 0 amide bonds. The van der Waals surface area contributed by atoms with E-state index in [4.69, 9.17) is 14.2 Å². The molecule has 4 heteroatoms. The quantitative estimate of drug-likeness (QED) is 0.0957. The lowest BCUT2D eigenvalue weighted by molar-refractivity contribution is 0.0734. The van der Waals surface area contributed by atoms with Gasteiger partial charge in [-0.25, -0.2) is 4.79 Å². The van der Waals surface area contributed by atoms with Crippen molar-refractivity contribution >= 4 is 5.97 Å². The molecule has 1 atom stereocenters. The first kappa shape index (κ1) is 27.5. The number of hydrogen-bond acceptors (Lipinski definition) is 4. The molecule has 4 nitrogen and oxygen atoms in total. The summed E-state index contributed by atoms with van der Waals surface area (Å²) in [6.45, 7) is 9.69. The second-order valence-corrected chi connectivity index (χ2v) is 8.94. The molecule has 0 aliphatic rings. The SMILES string of the molecule is C=CCCCCCCOc1ccc(C(=O)Oc2ccc(OCCCCC[C@@H](C)CC)cc2)cc1. The van der Waals surface area contributed by atoms with Gasteiger partial charge in [0.25, 0.3) is 0 Å². The van der Waals surface area contributed by atoms with E-state index in [-0.39, 0.29) is 5.97 Å². The fourth-order valence-electron chi connectivity index (χ4n) is 3.56. The molecule has 0 saturated heterocycles. The molecule has 0 N–H and O–H groups in total. The summed E-state index contributed by atoms with van der Waals surface area (Å²) in [5.41, 5.74) is 0.495. The van der Waals surface area contributed by atoms with E-state index in [2.05, 4.69) is 20.4 Å². The average Bonchev–Trinajstić information content (AvgIpc) is 2.86. The van der Waals surface area contributed by atoms with Gasteiger partial charge in [0.1, 0.15) is 17.2 Å². The highest BCUT2D eigenvalue weighted by molar-refractivity contribution is 5.91. The van der Waals surface area contributed by atoms with E-state index in [9.17, 15) is 4.79 Å². The van der Waals surface area contributed by atoms with Gasteiger partial charge in [0.15, 0.2) is 0 Å². The van der Waals surface area contributed by atoms with Crippen molar-refractivity contribution in [3.8, 4) is 17.2 Å². The maximum Gasteiger partial charge on any atom is 0.343 e. The molecular formula is C30H42O4. The maximum absolute atomic E-state index is 12.4. The second kappa shape index (κ2) is 16.8. The summed E-state index contributed by atoms with van der Waals surface area (Å²) in [4.78, 5) is 12.4. The van der Waals surface area contributed by atoms with E-state index >= 15 is 0 Å². The number of allylic oxidation sites excluding steroid dienone is 1. The number of unbranched alkanes of at least 4 members (excludes halogenated alkanes) is 6. The molecule has 0 spiro atoms. The highest BCUT2D eigenvalue weighted by Gasteiger charge is 2.09. The summed E-state index contributed by atoms with van der Waals surface area (Å²) in [5, 5.41) is 0. The topological polar surface area (TPSA) is 44.8 Å². The van der Waals surface area contributed by atoms with E-state index in [1.54, 1.807) is 24.3 Å². The van der Waals surface area contributed by atoms with Crippen LogP contribution >= 0.6 is 0 Å². The average molecular weight is 467 g/mol. The zero-order chi connectivity index (χ0) is 24.4. The smallest absolute Gasteiger partial charge is 0.343 e. The molecule has 0 radical (unpaired) electrons. The van der Waals surface area contributed by atoms with Crippen LogP contribution in [0.3, 0.4) is 0 Å². The molecule has 2 aromatic carbocycles. The lowest BCUT2D eigenvalue weighted by Gasteiger charge is -2.10. The number of hydrogen-bond donors (Lipinski definition) is 0. The van der Waals surface area contributed by atoms with Crippen LogP contribution in [0.5, 0.6) is 17.2 Å². The first-order valence-corrected chi connectivity index (χ1v) is 12.9. The van der Waals surface area contributed by atoms with Crippen molar-refractivity contribution in [3.63, 3.8) is 0 Å². The van der Waals surface area contributed by atoms with Gasteiger partial charge in [-0.05, 0) is 80.1 Å². The van der Waals surface area contributed by atoms with Crippen molar-refractivity contribution in [2.75, 3.05) is 13.2 Å². The van der Waals surface area contributed by atoms with Gasteiger partial charge in [-0.15, -0.1) is 6.58 Å². The first-order valence-electron chi connectivity index (χ1n) is 12.9. The van der Waals surface area contributed by atoms with Crippen LogP contribution < -0.4 is 14.2 Å². The molecule has 0 unspecified atom stereocenters. The Morgan fingerprint density at radius 1 is 0.794 bits per heavy atom. The summed E-state index contributed by atoms with van der Waals surface area (Å²) in [5.74, 6) is 2.49. The van der Waals surface area contributed by atoms with Crippen LogP contribution in [-0.4, -0.2) is 19.2 Å². The van der Waals surface area contributed by atoms with Gasteiger partial charge in [-0.1, -0.05) is 58.4 Å². The van der Waals surface area contributed by atoms with E-state index in [1.807, 2.05) is 30.3 Å². The number of carbonyl (C=O) groups is 1. The molecule has 0 aliphatic heterocycles. The molecule has 2 aromatic rings. The Bertz CT molecular complexity index is 811. The Labute approximate surface area is 206 Å². The lowest BCUT2D eigenvalue weighted by Crippen LogP contribution is -2.08. The van der Waals surface area contributed by atoms with E-state index < -0.39 is 0 Å². The third-order valence-corrected chi connectivity index (χ3v) is 6.00. The van der Waals surface area contributed by atoms with Crippen molar-refractivity contribution in [1.29, 1.82) is 0 Å². The maximum atomic E-state index is 12.4. The summed E-state index contributed by atoms with van der Waals surface area (Å²) in [6, 6.07) is 14.3. The van der Waals surface area contributed by atoms with Crippen LogP contribution in [0.4, 0.5) is 0 Å². The van der Waals surface area contributed by atoms with Crippen molar-refractivity contribution in [2.24, 2.45) is 5.92 Å². The summed E-state index contributed by atoms with van der Waals surface area (Å²) < 4.78 is 17.1. The number of benzene rings is 2. The van der Waals surface area contributed by atoms with Gasteiger partial charge < -0.3 is 14.2 Å². The zero-order valence-electron chi connectivity index (χ0n) is 21.1. The third-order valence-electron chi connectivity index (χ3n) is 6.00. The van der Waals surface area contributed by atoms with Crippen LogP contribution in [0, 0.1) is 5.92 Å². The molecule has 0 saturated carbocycles. The van der Waals surface area contributed by atoms with Crippen LogP contribution in [0.15, 0.2) is 61.2 Å². The van der Waals surface area contributed by atoms with Crippen LogP contribution in [0.1, 0.15) is 88.4 Å². The molecular weight excluding hydrogens is 424 g/mol. The Balaban J connectivity index is 1.65. The number of rotatable bonds is 18. The molecule has 34 heavy (non-hydrogen) atoms. The van der Waals surface area contributed by atoms with Crippen LogP contribution in [0.2, 0.25) is 0 Å². The molecule has 0 heterocycles. The Morgan fingerprint density at radius 2 is 1.32 bits per heavy atom. The largest absolute Gasteiger partial charge is 0.494 e. The van der Waals surface area contributed by atoms with E-state index in [0.717, 1.165) is 43.1 Å². The monoisotopic (exact) mass is 466 g/mol. The standard InChI is InChI=1S/C30H42O4/c1-4-6-7-8-9-12-23-32-27-17-15-26(16-18-27)30(31)34-29-21-19-28(20-22-29)33-24-13-10-11-14-25(3)5-2/h4,15-22,25H,1,5-14,23-24H2,2-3H3/t25-/m0/s1. The highest BCUT2D eigenvalue weighted by Crippen LogP contribution is 2.20. The van der Waals surface area contributed by atoms with E-state index in [0.29, 0.717) is 24.5 Å². The predicted molar refractivity (Wildman–Crippen MR) is 140 cm³/mol. The van der Waals surface area contributed by atoms with Crippen LogP contribution in [-0.2, 0) is 0 Å². The lowest BCUT2D eigenvalue weighted by atomic mass is 10.0. The molecule has 0 bridgehead atoms. The summed E-state index contributed by atoms with van der Waals surface area (Å²) >= 11 is 0. The van der Waals surface area contributed by atoms with Crippen molar-refractivity contribution < 1.29 is 19.0 Å². The van der Waals surface area contributed by atoms with Gasteiger partial charge in [0, 0.05) is 0 Å². The predicted octanol–water partition coefficient (Wildman–Crippen LogP) is 8.41. The Morgan fingerprint density at radius 3 is 1.91 bits per heavy atom. The molecule has 186 valence electrons. The van der Waals surface area contributed by atoms with Crippen molar-refractivity contribution in [1.82, 2.24) is 0 Å². The van der Waals surface area contributed by atoms with E-state index in [1.165, 1.54) is 38.5 Å². The third kappa shape index (κ3) is 11.4. The fraction of sp³-hybridized carbons (Fsp3) is 0.500. The number of esters is 1. The highest BCUT2D eigenvalue weighted by atomic mass is 16.5.